The summed E-state index contributed by atoms with van der Waals surface area (Å²) in [6.45, 7) is 1.24. The highest BCUT2D eigenvalue weighted by molar-refractivity contribution is 5.71. The van der Waals surface area contributed by atoms with Gasteiger partial charge in [0.1, 0.15) is 6.10 Å². The van der Waals surface area contributed by atoms with Crippen LogP contribution in [-0.4, -0.2) is 54.3 Å². The van der Waals surface area contributed by atoms with Crippen LogP contribution < -0.4 is 0 Å². The summed E-state index contributed by atoms with van der Waals surface area (Å²) in [5, 5.41) is 10.5. The first kappa shape index (κ1) is 20.8. The second-order valence-corrected chi connectivity index (χ2v) is 8.40. The largest absolute Gasteiger partial charge is 0.460 e. The third-order valence-electron chi connectivity index (χ3n) is 6.24. The maximum atomic E-state index is 11.3. The van der Waals surface area contributed by atoms with Gasteiger partial charge in [-0.25, -0.2) is 0 Å². The van der Waals surface area contributed by atoms with E-state index in [1.54, 1.807) is 0 Å². The summed E-state index contributed by atoms with van der Waals surface area (Å²) in [6, 6.07) is 10.1. The molecule has 1 aromatic carbocycles. The molecule has 0 amide bonds. The number of aliphatic hydroxyl groups is 1. The number of carbonyl (C=O) groups is 1. The second kappa shape index (κ2) is 10.0. The van der Waals surface area contributed by atoms with E-state index in [0.29, 0.717) is 26.1 Å². The first-order valence-corrected chi connectivity index (χ1v) is 11.0. The zero-order valence-electron chi connectivity index (χ0n) is 16.9. The Morgan fingerprint density at radius 3 is 2.45 bits per heavy atom. The Bertz CT molecular complexity index is 650. The van der Waals surface area contributed by atoms with Crippen LogP contribution in [0.1, 0.15) is 56.9 Å². The normalized spacial score (nSPS) is 33.1. The highest BCUT2D eigenvalue weighted by atomic mass is 16.6. The van der Waals surface area contributed by atoms with Crippen molar-refractivity contribution in [1.29, 1.82) is 0 Å². The molecular formula is C23H32O6. The van der Waals surface area contributed by atoms with Crippen LogP contribution in [0.4, 0.5) is 0 Å². The molecule has 3 heterocycles. The summed E-state index contributed by atoms with van der Waals surface area (Å²) in [6.07, 6.45) is 5.76. The lowest BCUT2D eigenvalue weighted by atomic mass is 10.0. The third kappa shape index (κ3) is 5.57. The van der Waals surface area contributed by atoms with E-state index in [2.05, 4.69) is 0 Å². The highest BCUT2D eigenvalue weighted by Gasteiger charge is 2.43. The van der Waals surface area contributed by atoms with Crippen molar-refractivity contribution in [3.05, 3.63) is 35.9 Å². The smallest absolute Gasteiger partial charge is 0.306 e. The lowest BCUT2D eigenvalue weighted by Crippen LogP contribution is -2.33. The number of aliphatic hydroxyl groups excluding tert-OH is 1. The summed E-state index contributed by atoms with van der Waals surface area (Å²) in [5.74, 6) is -0.116. The molecule has 0 aromatic heterocycles. The number of hydrogen-bond donors (Lipinski definition) is 1. The van der Waals surface area contributed by atoms with Crippen LogP contribution in [0.3, 0.4) is 0 Å². The Morgan fingerprint density at radius 1 is 0.966 bits per heavy atom. The molecule has 6 nitrogen and oxygen atoms in total. The first-order chi connectivity index (χ1) is 14.2. The molecule has 6 atom stereocenters. The van der Waals surface area contributed by atoms with Gasteiger partial charge in [0.05, 0.1) is 37.1 Å². The minimum absolute atomic E-state index is 0.000729. The van der Waals surface area contributed by atoms with E-state index in [1.807, 2.05) is 30.3 Å². The van der Waals surface area contributed by atoms with Gasteiger partial charge in [0.15, 0.2) is 0 Å². The number of carbonyl (C=O) groups excluding carboxylic acids is 1. The molecule has 0 bridgehead atoms. The molecule has 3 saturated heterocycles. The summed E-state index contributed by atoms with van der Waals surface area (Å²) in [4.78, 5) is 11.3. The quantitative estimate of drug-likeness (QED) is 0.503. The Hall–Kier alpha value is -1.47. The van der Waals surface area contributed by atoms with Crippen molar-refractivity contribution in [2.45, 2.75) is 94.6 Å². The number of cyclic esters (lactones) is 1. The van der Waals surface area contributed by atoms with Crippen LogP contribution >= 0.6 is 0 Å². The average Bonchev–Trinajstić information content (AvgIpc) is 3.48. The standard InChI is InChI=1S/C23H32O6/c24-17(7-4-14-26-15-16-5-2-1-3-6-16)18-8-9-19(27-18)20-10-11-21(28-20)22-12-13-23(25)29-22/h1-3,5-6,17-22,24H,4,7-15H2/t17-,18+,19+,20+,21+,22-/m0/s1. The lowest BCUT2D eigenvalue weighted by molar-refractivity contribution is -0.149. The van der Waals surface area contributed by atoms with Gasteiger partial charge in [-0.15, -0.1) is 0 Å². The molecule has 1 N–H and O–H groups in total. The van der Waals surface area contributed by atoms with Gasteiger partial charge < -0.3 is 24.1 Å². The van der Waals surface area contributed by atoms with Crippen LogP contribution in [0.25, 0.3) is 0 Å². The molecule has 29 heavy (non-hydrogen) atoms. The topological polar surface area (TPSA) is 74.2 Å². The predicted octanol–water partition coefficient (Wildman–Crippen LogP) is 3.15. The van der Waals surface area contributed by atoms with Gasteiger partial charge in [0, 0.05) is 13.0 Å². The average molecular weight is 405 g/mol. The Labute approximate surface area is 172 Å². The fourth-order valence-electron chi connectivity index (χ4n) is 4.64. The van der Waals surface area contributed by atoms with Crippen molar-refractivity contribution < 1.29 is 28.8 Å². The van der Waals surface area contributed by atoms with E-state index < -0.39 is 6.10 Å². The van der Waals surface area contributed by atoms with Crippen LogP contribution in [0, 0.1) is 0 Å². The lowest BCUT2D eigenvalue weighted by Gasteiger charge is -2.24. The first-order valence-electron chi connectivity index (χ1n) is 11.0. The van der Waals surface area contributed by atoms with Crippen molar-refractivity contribution in [3.8, 4) is 0 Å². The fraction of sp³-hybridized carbons (Fsp3) is 0.696. The number of hydrogen-bond acceptors (Lipinski definition) is 6. The number of esters is 1. The molecular weight excluding hydrogens is 372 g/mol. The molecule has 3 aliphatic rings. The van der Waals surface area contributed by atoms with Crippen LogP contribution in [0.2, 0.25) is 0 Å². The monoisotopic (exact) mass is 404 g/mol. The van der Waals surface area contributed by atoms with E-state index in [0.717, 1.165) is 44.1 Å². The van der Waals surface area contributed by atoms with E-state index >= 15 is 0 Å². The van der Waals surface area contributed by atoms with Crippen molar-refractivity contribution in [1.82, 2.24) is 0 Å². The highest BCUT2D eigenvalue weighted by Crippen LogP contribution is 2.36. The Kier molecular flexibility index (Phi) is 7.19. The Morgan fingerprint density at radius 2 is 1.69 bits per heavy atom. The summed E-state index contributed by atoms with van der Waals surface area (Å²) >= 11 is 0. The SMILES string of the molecule is O=C1CC[C@@H]([C@H]2CC[C@H]([C@H]3CC[C@H]([C@@H](O)CCCOCc4ccccc4)O3)O2)O1. The van der Waals surface area contributed by atoms with Crippen LogP contribution in [-0.2, 0) is 30.3 Å². The Balaban J connectivity index is 1.12. The van der Waals surface area contributed by atoms with Gasteiger partial charge in [0.2, 0.25) is 0 Å². The molecule has 0 saturated carbocycles. The van der Waals surface area contributed by atoms with E-state index in [-0.39, 0.29) is 36.5 Å². The molecule has 0 unspecified atom stereocenters. The van der Waals surface area contributed by atoms with Crippen molar-refractivity contribution in [2.24, 2.45) is 0 Å². The maximum Gasteiger partial charge on any atom is 0.306 e. The van der Waals surface area contributed by atoms with Gasteiger partial charge in [-0.2, -0.15) is 0 Å². The summed E-state index contributed by atoms with van der Waals surface area (Å²) < 4.78 is 23.3. The minimum atomic E-state index is -0.465. The summed E-state index contributed by atoms with van der Waals surface area (Å²) in [5.41, 5.74) is 1.16. The molecule has 4 rings (SSSR count). The molecule has 0 radical (unpaired) electrons. The second-order valence-electron chi connectivity index (χ2n) is 8.40. The number of ether oxygens (including phenoxy) is 4. The van der Waals surface area contributed by atoms with Crippen molar-refractivity contribution in [2.75, 3.05) is 6.61 Å². The molecule has 0 aliphatic carbocycles. The molecule has 160 valence electrons. The number of rotatable bonds is 9. The van der Waals surface area contributed by atoms with Crippen LogP contribution in [0.15, 0.2) is 30.3 Å². The van der Waals surface area contributed by atoms with Gasteiger partial charge in [-0.1, -0.05) is 30.3 Å². The molecule has 3 fully saturated rings. The summed E-state index contributed by atoms with van der Waals surface area (Å²) in [7, 11) is 0. The van der Waals surface area contributed by atoms with Gasteiger partial charge >= 0.3 is 5.97 Å². The minimum Gasteiger partial charge on any atom is -0.460 e. The predicted molar refractivity (Wildman–Crippen MR) is 106 cm³/mol. The number of benzene rings is 1. The van der Waals surface area contributed by atoms with E-state index in [4.69, 9.17) is 18.9 Å². The molecule has 1 aromatic rings. The maximum absolute atomic E-state index is 11.3. The van der Waals surface area contributed by atoms with Crippen LogP contribution in [0.5, 0.6) is 0 Å². The molecule has 6 heteroatoms. The van der Waals surface area contributed by atoms with Gasteiger partial charge in [-0.3, -0.25) is 4.79 Å². The fourth-order valence-corrected chi connectivity index (χ4v) is 4.64. The van der Waals surface area contributed by atoms with Gasteiger partial charge in [-0.05, 0) is 50.5 Å². The van der Waals surface area contributed by atoms with Gasteiger partial charge in [0.25, 0.3) is 0 Å². The molecule has 0 spiro atoms. The third-order valence-corrected chi connectivity index (χ3v) is 6.24. The van der Waals surface area contributed by atoms with E-state index in [1.165, 1.54) is 0 Å². The van der Waals surface area contributed by atoms with Crippen molar-refractivity contribution in [3.63, 3.8) is 0 Å². The zero-order chi connectivity index (χ0) is 20.1. The zero-order valence-corrected chi connectivity index (χ0v) is 16.9. The van der Waals surface area contributed by atoms with Crippen molar-refractivity contribution >= 4 is 5.97 Å². The molecule has 3 aliphatic heterocycles. The van der Waals surface area contributed by atoms with E-state index in [9.17, 15) is 9.90 Å².